The lowest BCUT2D eigenvalue weighted by Crippen LogP contribution is -2.20. The molecule has 0 unspecified atom stereocenters. The van der Waals surface area contributed by atoms with Crippen LogP contribution in [0.25, 0.3) is 0 Å². The van der Waals surface area contributed by atoms with Gasteiger partial charge in [-0.25, -0.2) is 0 Å². The molecule has 0 radical (unpaired) electrons. The number of rotatable bonds is 20. The van der Waals surface area contributed by atoms with Crippen molar-refractivity contribution in [3.63, 3.8) is 0 Å². The molecule has 0 aliphatic rings. The molecular weight excluding hydrogens is 354 g/mol. The van der Waals surface area contributed by atoms with E-state index in [1.54, 1.807) is 4.90 Å². The number of carbonyl (C=O) groups is 1. The maximum absolute atomic E-state index is 11.5. The summed E-state index contributed by atoms with van der Waals surface area (Å²) in [6.45, 7) is 2.29. The lowest BCUT2D eigenvalue weighted by Gasteiger charge is -2.09. The van der Waals surface area contributed by atoms with Gasteiger partial charge in [0.05, 0.1) is 0 Å². The van der Waals surface area contributed by atoms with Gasteiger partial charge in [-0.3, -0.25) is 4.79 Å². The van der Waals surface area contributed by atoms with Crippen molar-refractivity contribution < 1.29 is 4.79 Å². The third-order valence-electron chi connectivity index (χ3n) is 5.49. The number of halogens is 1. The summed E-state index contributed by atoms with van der Waals surface area (Å²) in [4.78, 5) is 13.2. The lowest BCUT2D eigenvalue weighted by molar-refractivity contribution is -0.128. The van der Waals surface area contributed by atoms with Crippen LogP contribution in [0.5, 0.6) is 0 Å². The van der Waals surface area contributed by atoms with Crippen molar-refractivity contribution in [2.75, 3.05) is 14.1 Å². The quantitative estimate of drug-likeness (QED) is 0.187. The van der Waals surface area contributed by atoms with Gasteiger partial charge in [-0.2, -0.15) is 0 Å². The molecular formula is C24H50ClNO. The summed E-state index contributed by atoms with van der Waals surface area (Å²) in [7, 11) is 3.69. The van der Waals surface area contributed by atoms with Crippen LogP contribution >= 0.6 is 12.4 Å². The number of unbranched alkanes of at least 4 members (excludes halogenated alkanes) is 18. The summed E-state index contributed by atoms with van der Waals surface area (Å²) in [5.41, 5.74) is 0. The van der Waals surface area contributed by atoms with Gasteiger partial charge in [0.25, 0.3) is 0 Å². The molecule has 1 amide bonds. The Bertz CT molecular complexity index is 294. The summed E-state index contributed by atoms with van der Waals surface area (Å²) in [5, 5.41) is 0. The van der Waals surface area contributed by atoms with Crippen molar-refractivity contribution >= 4 is 18.3 Å². The summed E-state index contributed by atoms with van der Waals surface area (Å²) in [5.74, 6) is 0.275. The molecule has 0 aliphatic carbocycles. The first-order chi connectivity index (χ1) is 12.7. The van der Waals surface area contributed by atoms with Gasteiger partial charge in [0.15, 0.2) is 0 Å². The Labute approximate surface area is 177 Å². The van der Waals surface area contributed by atoms with Crippen LogP contribution in [0.4, 0.5) is 0 Å². The smallest absolute Gasteiger partial charge is 0.222 e. The minimum atomic E-state index is 0. The van der Waals surface area contributed by atoms with Crippen LogP contribution in [0.15, 0.2) is 0 Å². The van der Waals surface area contributed by atoms with E-state index in [0.717, 1.165) is 12.8 Å². The van der Waals surface area contributed by atoms with E-state index in [-0.39, 0.29) is 18.3 Å². The predicted molar refractivity (Wildman–Crippen MR) is 124 cm³/mol. The highest BCUT2D eigenvalue weighted by Gasteiger charge is 2.02. The highest BCUT2D eigenvalue weighted by molar-refractivity contribution is 5.85. The molecule has 0 spiro atoms. The number of nitrogens with zero attached hydrogens (tertiary/aromatic N) is 1. The molecule has 3 heteroatoms. The number of hydrogen-bond donors (Lipinski definition) is 0. The van der Waals surface area contributed by atoms with Gasteiger partial charge in [0.2, 0.25) is 5.91 Å². The number of amides is 1. The van der Waals surface area contributed by atoms with Gasteiger partial charge in [0.1, 0.15) is 0 Å². The van der Waals surface area contributed by atoms with E-state index >= 15 is 0 Å². The van der Waals surface area contributed by atoms with E-state index < -0.39 is 0 Å². The fourth-order valence-electron chi connectivity index (χ4n) is 3.58. The zero-order valence-electron chi connectivity index (χ0n) is 18.9. The zero-order chi connectivity index (χ0) is 19.3. The van der Waals surface area contributed by atoms with E-state index in [2.05, 4.69) is 6.92 Å². The van der Waals surface area contributed by atoms with Crippen LogP contribution in [0.1, 0.15) is 135 Å². The molecule has 0 rings (SSSR count). The summed E-state index contributed by atoms with van der Waals surface area (Å²) < 4.78 is 0. The topological polar surface area (TPSA) is 20.3 Å². The molecule has 0 aromatic heterocycles. The van der Waals surface area contributed by atoms with Gasteiger partial charge in [-0.1, -0.05) is 122 Å². The van der Waals surface area contributed by atoms with Crippen LogP contribution in [0.3, 0.4) is 0 Å². The molecule has 0 fully saturated rings. The molecule has 0 N–H and O–H groups in total. The van der Waals surface area contributed by atoms with E-state index in [0.29, 0.717) is 0 Å². The molecule has 0 aliphatic heterocycles. The highest BCUT2D eigenvalue weighted by atomic mass is 35.5. The van der Waals surface area contributed by atoms with Crippen molar-refractivity contribution in [2.24, 2.45) is 0 Å². The lowest BCUT2D eigenvalue weighted by atomic mass is 10.0. The predicted octanol–water partition coefficient (Wildman–Crippen LogP) is 8.32. The first-order valence-corrected chi connectivity index (χ1v) is 11.9. The second kappa shape index (κ2) is 23.8. The largest absolute Gasteiger partial charge is 0.349 e. The molecule has 0 bridgehead atoms. The summed E-state index contributed by atoms with van der Waals surface area (Å²) in [6.07, 6.45) is 27.3. The van der Waals surface area contributed by atoms with Gasteiger partial charge >= 0.3 is 0 Å². The van der Waals surface area contributed by atoms with E-state index in [1.165, 1.54) is 116 Å². The Morgan fingerprint density at radius 1 is 0.519 bits per heavy atom. The highest BCUT2D eigenvalue weighted by Crippen LogP contribution is 2.14. The van der Waals surface area contributed by atoms with Crippen LogP contribution in [0, 0.1) is 0 Å². The summed E-state index contributed by atoms with van der Waals surface area (Å²) in [6, 6.07) is 0. The molecule has 2 nitrogen and oxygen atoms in total. The fraction of sp³-hybridized carbons (Fsp3) is 0.958. The van der Waals surface area contributed by atoms with Crippen molar-refractivity contribution in [2.45, 2.75) is 135 Å². The van der Waals surface area contributed by atoms with Gasteiger partial charge in [-0.15, -0.1) is 12.4 Å². The van der Waals surface area contributed by atoms with Crippen molar-refractivity contribution in [3.05, 3.63) is 0 Å². The molecule has 0 saturated heterocycles. The maximum atomic E-state index is 11.5. The average molecular weight is 404 g/mol. The molecule has 0 heterocycles. The SMILES string of the molecule is CCCCCCCCCCCCCCCCCCCCCC(=O)N(C)C.Cl. The Morgan fingerprint density at radius 3 is 1.04 bits per heavy atom. The molecule has 164 valence electrons. The van der Waals surface area contributed by atoms with Crippen LogP contribution in [-0.2, 0) is 4.79 Å². The van der Waals surface area contributed by atoms with Crippen molar-refractivity contribution in [1.29, 1.82) is 0 Å². The van der Waals surface area contributed by atoms with E-state index in [9.17, 15) is 4.79 Å². The van der Waals surface area contributed by atoms with E-state index in [4.69, 9.17) is 0 Å². The molecule has 0 aromatic rings. The third kappa shape index (κ3) is 23.7. The first kappa shape index (κ1) is 29.0. The summed E-state index contributed by atoms with van der Waals surface area (Å²) >= 11 is 0. The first-order valence-electron chi connectivity index (χ1n) is 11.9. The fourth-order valence-corrected chi connectivity index (χ4v) is 3.58. The molecule has 0 aromatic carbocycles. The van der Waals surface area contributed by atoms with Crippen molar-refractivity contribution in [3.8, 4) is 0 Å². The molecule has 0 saturated carbocycles. The Morgan fingerprint density at radius 2 is 0.778 bits per heavy atom. The maximum Gasteiger partial charge on any atom is 0.222 e. The van der Waals surface area contributed by atoms with E-state index in [1.807, 2.05) is 14.1 Å². The molecule has 27 heavy (non-hydrogen) atoms. The Balaban J connectivity index is 0. The second-order valence-electron chi connectivity index (χ2n) is 8.40. The van der Waals surface area contributed by atoms with Gasteiger partial charge < -0.3 is 4.90 Å². The average Bonchev–Trinajstić information content (AvgIpc) is 2.63. The van der Waals surface area contributed by atoms with Crippen LogP contribution in [-0.4, -0.2) is 24.9 Å². The normalized spacial score (nSPS) is 10.6. The van der Waals surface area contributed by atoms with Crippen LogP contribution < -0.4 is 0 Å². The number of carbonyl (C=O) groups excluding carboxylic acids is 1. The third-order valence-corrected chi connectivity index (χ3v) is 5.49. The van der Waals surface area contributed by atoms with Gasteiger partial charge in [-0.05, 0) is 6.42 Å². The molecule has 0 atom stereocenters. The second-order valence-corrected chi connectivity index (χ2v) is 8.40. The van der Waals surface area contributed by atoms with Gasteiger partial charge in [0, 0.05) is 20.5 Å². The standard InChI is InChI=1S/C24H49NO.ClH/c1-4-5-6-7-8-9-10-11-12-13-14-15-16-17-18-19-20-21-22-23-24(26)25(2)3;/h4-23H2,1-3H3;1H. The minimum absolute atomic E-state index is 0. The Hall–Kier alpha value is -0.240. The monoisotopic (exact) mass is 403 g/mol. The minimum Gasteiger partial charge on any atom is -0.349 e. The van der Waals surface area contributed by atoms with Crippen LogP contribution in [0.2, 0.25) is 0 Å². The zero-order valence-corrected chi connectivity index (χ0v) is 19.7. The van der Waals surface area contributed by atoms with Crippen molar-refractivity contribution in [1.82, 2.24) is 4.90 Å². The number of hydrogen-bond acceptors (Lipinski definition) is 1. The Kier molecular flexibility index (Phi) is 25.5.